The van der Waals surface area contributed by atoms with Crippen LogP contribution in [0.4, 0.5) is 11.4 Å². The van der Waals surface area contributed by atoms with Gasteiger partial charge in [0.15, 0.2) is 5.78 Å². The van der Waals surface area contributed by atoms with Gasteiger partial charge in [-0.25, -0.2) is 0 Å². The van der Waals surface area contributed by atoms with Gasteiger partial charge in [-0.15, -0.1) is 0 Å². The molecule has 7 heteroatoms. The van der Waals surface area contributed by atoms with Crippen LogP contribution in [-0.4, -0.2) is 25.9 Å². The fourth-order valence-electron chi connectivity index (χ4n) is 2.23. The molecule has 0 aliphatic heterocycles. The number of nitriles is 1. The van der Waals surface area contributed by atoms with Crippen LogP contribution in [0.15, 0.2) is 54.2 Å². The smallest absolute Gasteiger partial charge is 0.267 e. The molecule has 2 aromatic rings. The molecule has 0 saturated heterocycles. The number of methoxy groups -OCH3 is 2. The Morgan fingerprint density at radius 2 is 1.89 bits per heavy atom. The monoisotopic (exact) mass is 365 g/mol. The zero-order valence-corrected chi connectivity index (χ0v) is 15.2. The number of amides is 1. The molecule has 0 aliphatic carbocycles. The van der Waals surface area contributed by atoms with Gasteiger partial charge in [-0.05, 0) is 31.2 Å². The highest BCUT2D eigenvalue weighted by atomic mass is 16.5. The van der Waals surface area contributed by atoms with Crippen molar-refractivity contribution >= 4 is 23.1 Å². The standard InChI is InChI=1S/C20H19N3O4/c1-13(24)14-5-4-6-16(9-14)22-12-15(11-21)20(25)23-18-10-17(26-2)7-8-19(18)27-3/h4-10,12,22H,1-3H3,(H,23,25)/b15-12-. The van der Waals surface area contributed by atoms with E-state index >= 15 is 0 Å². The SMILES string of the molecule is COc1ccc(OC)c(NC(=O)/C(C#N)=C\Nc2cccc(C(C)=O)c2)c1. The minimum atomic E-state index is -0.612. The molecule has 2 aromatic carbocycles. The van der Waals surface area contributed by atoms with E-state index in [0.29, 0.717) is 28.4 Å². The Bertz CT molecular complexity index is 929. The number of hydrogen-bond acceptors (Lipinski definition) is 6. The Balaban J connectivity index is 2.19. The van der Waals surface area contributed by atoms with Crippen molar-refractivity contribution in [3.8, 4) is 17.6 Å². The largest absolute Gasteiger partial charge is 0.497 e. The first kappa shape index (κ1) is 19.5. The molecule has 7 nitrogen and oxygen atoms in total. The molecule has 0 fully saturated rings. The number of ether oxygens (including phenoxy) is 2. The number of ketones is 1. The molecule has 0 saturated carbocycles. The predicted molar refractivity (Wildman–Crippen MR) is 102 cm³/mol. The van der Waals surface area contributed by atoms with Gasteiger partial charge >= 0.3 is 0 Å². The summed E-state index contributed by atoms with van der Waals surface area (Å²) >= 11 is 0. The van der Waals surface area contributed by atoms with Crippen LogP contribution in [0.2, 0.25) is 0 Å². The van der Waals surface area contributed by atoms with E-state index < -0.39 is 5.91 Å². The van der Waals surface area contributed by atoms with Crippen LogP contribution in [0.5, 0.6) is 11.5 Å². The fourth-order valence-corrected chi connectivity index (χ4v) is 2.23. The molecule has 2 N–H and O–H groups in total. The Labute approximate surface area is 157 Å². The summed E-state index contributed by atoms with van der Waals surface area (Å²) in [6.07, 6.45) is 1.28. The van der Waals surface area contributed by atoms with Crippen molar-refractivity contribution in [1.29, 1.82) is 5.26 Å². The Kier molecular flexibility index (Phi) is 6.55. The summed E-state index contributed by atoms with van der Waals surface area (Å²) in [5.74, 6) is 0.279. The van der Waals surface area contributed by atoms with E-state index in [4.69, 9.17) is 9.47 Å². The fraction of sp³-hybridized carbons (Fsp3) is 0.150. The highest BCUT2D eigenvalue weighted by Gasteiger charge is 2.13. The van der Waals surface area contributed by atoms with E-state index in [2.05, 4.69) is 10.6 Å². The molecular weight excluding hydrogens is 346 g/mol. The molecule has 0 atom stereocenters. The summed E-state index contributed by atoms with van der Waals surface area (Å²) in [4.78, 5) is 23.8. The van der Waals surface area contributed by atoms with Crippen LogP contribution in [0, 0.1) is 11.3 Å². The third kappa shape index (κ3) is 5.09. The molecular formula is C20H19N3O4. The van der Waals surface area contributed by atoms with E-state index in [1.165, 1.54) is 27.3 Å². The van der Waals surface area contributed by atoms with Crippen LogP contribution in [0.3, 0.4) is 0 Å². The van der Waals surface area contributed by atoms with E-state index in [0.717, 1.165) is 0 Å². The minimum Gasteiger partial charge on any atom is -0.497 e. The molecule has 0 spiro atoms. The molecule has 0 unspecified atom stereocenters. The molecule has 0 aromatic heterocycles. The maximum Gasteiger partial charge on any atom is 0.267 e. The third-order valence-electron chi connectivity index (χ3n) is 3.67. The molecule has 0 radical (unpaired) electrons. The number of rotatable bonds is 7. The zero-order valence-electron chi connectivity index (χ0n) is 15.2. The second-order valence-electron chi connectivity index (χ2n) is 5.47. The van der Waals surface area contributed by atoms with Gasteiger partial charge in [0.25, 0.3) is 5.91 Å². The lowest BCUT2D eigenvalue weighted by Gasteiger charge is -2.11. The van der Waals surface area contributed by atoms with Gasteiger partial charge in [0.2, 0.25) is 0 Å². The van der Waals surface area contributed by atoms with Gasteiger partial charge in [-0.3, -0.25) is 9.59 Å². The highest BCUT2D eigenvalue weighted by molar-refractivity contribution is 6.07. The van der Waals surface area contributed by atoms with Crippen molar-refractivity contribution in [1.82, 2.24) is 0 Å². The van der Waals surface area contributed by atoms with Crippen molar-refractivity contribution in [3.63, 3.8) is 0 Å². The molecule has 0 bridgehead atoms. The first-order chi connectivity index (χ1) is 13.0. The van der Waals surface area contributed by atoms with Crippen molar-refractivity contribution in [3.05, 3.63) is 59.8 Å². The average Bonchev–Trinajstić information content (AvgIpc) is 2.68. The van der Waals surface area contributed by atoms with Crippen LogP contribution >= 0.6 is 0 Å². The first-order valence-electron chi connectivity index (χ1n) is 7.99. The van der Waals surface area contributed by atoms with Crippen molar-refractivity contribution in [2.24, 2.45) is 0 Å². The second-order valence-corrected chi connectivity index (χ2v) is 5.47. The van der Waals surface area contributed by atoms with Crippen LogP contribution in [0.25, 0.3) is 0 Å². The van der Waals surface area contributed by atoms with E-state index in [-0.39, 0.29) is 11.4 Å². The number of benzene rings is 2. The van der Waals surface area contributed by atoms with Crippen LogP contribution in [-0.2, 0) is 4.79 Å². The van der Waals surface area contributed by atoms with Gasteiger partial charge in [0, 0.05) is 23.5 Å². The van der Waals surface area contributed by atoms with Crippen LogP contribution < -0.4 is 20.1 Å². The summed E-state index contributed by atoms with van der Waals surface area (Å²) in [5.41, 5.74) is 1.34. The summed E-state index contributed by atoms with van der Waals surface area (Å²) in [5, 5.41) is 14.8. The number of nitrogens with zero attached hydrogens (tertiary/aromatic N) is 1. The van der Waals surface area contributed by atoms with Crippen LogP contribution in [0.1, 0.15) is 17.3 Å². The number of nitrogens with one attached hydrogen (secondary N) is 2. The lowest BCUT2D eigenvalue weighted by molar-refractivity contribution is -0.112. The van der Waals surface area contributed by atoms with Gasteiger partial charge in [-0.1, -0.05) is 12.1 Å². The molecule has 2 rings (SSSR count). The Morgan fingerprint density at radius 3 is 2.52 bits per heavy atom. The Morgan fingerprint density at radius 1 is 1.11 bits per heavy atom. The maximum atomic E-state index is 12.4. The highest BCUT2D eigenvalue weighted by Crippen LogP contribution is 2.29. The topological polar surface area (TPSA) is 100 Å². The summed E-state index contributed by atoms with van der Waals surface area (Å²) < 4.78 is 10.3. The molecule has 0 aliphatic rings. The summed E-state index contributed by atoms with van der Waals surface area (Å²) in [6.45, 7) is 1.46. The normalized spacial score (nSPS) is 10.5. The summed E-state index contributed by atoms with van der Waals surface area (Å²) in [6, 6.07) is 13.5. The number of hydrogen-bond donors (Lipinski definition) is 2. The quantitative estimate of drug-likeness (QED) is 0.443. The van der Waals surface area contributed by atoms with E-state index in [9.17, 15) is 14.9 Å². The number of Topliss-reactive ketones (excluding diaryl/α,β-unsaturated/α-hetero) is 1. The van der Waals surface area contributed by atoms with Gasteiger partial charge in [0.05, 0.1) is 19.9 Å². The lowest BCUT2D eigenvalue weighted by Crippen LogP contribution is -2.15. The third-order valence-corrected chi connectivity index (χ3v) is 3.67. The average molecular weight is 365 g/mol. The van der Waals surface area contributed by atoms with Crippen molar-refractivity contribution in [2.45, 2.75) is 6.92 Å². The molecule has 0 heterocycles. The lowest BCUT2D eigenvalue weighted by atomic mass is 10.1. The number of carbonyl (C=O) groups excluding carboxylic acids is 2. The number of anilines is 2. The molecule has 27 heavy (non-hydrogen) atoms. The van der Waals surface area contributed by atoms with E-state index in [1.807, 2.05) is 6.07 Å². The van der Waals surface area contributed by atoms with Gasteiger partial charge in [0.1, 0.15) is 23.1 Å². The van der Waals surface area contributed by atoms with E-state index in [1.54, 1.807) is 42.5 Å². The second kappa shape index (κ2) is 9.06. The van der Waals surface area contributed by atoms with Crippen molar-refractivity contribution in [2.75, 3.05) is 24.9 Å². The van der Waals surface area contributed by atoms with Gasteiger partial charge in [-0.2, -0.15) is 5.26 Å². The number of carbonyl (C=O) groups is 2. The minimum absolute atomic E-state index is 0.0778. The Hall–Kier alpha value is -3.79. The maximum absolute atomic E-state index is 12.4. The predicted octanol–water partition coefficient (Wildman–Crippen LogP) is 3.36. The first-order valence-corrected chi connectivity index (χ1v) is 7.99. The van der Waals surface area contributed by atoms with Gasteiger partial charge < -0.3 is 20.1 Å². The van der Waals surface area contributed by atoms with Crippen molar-refractivity contribution < 1.29 is 19.1 Å². The molecule has 1 amide bonds. The molecule has 138 valence electrons. The zero-order chi connectivity index (χ0) is 19.8. The summed E-state index contributed by atoms with van der Waals surface area (Å²) in [7, 11) is 2.98.